The standard InChI is InChI=1S/C21H27NO3.C14H21NO3.2CO2/c1-16(22-20(23)25-21(2,3)4)14-17-10-12-19(13-11-17)24-15-18-8-6-5-7-9-18;1-10(15-13(17)18-14(2,3)4)9-11-5-7-12(16)8-6-11;2*2-1-3/h5-13,16H,14-15H2,1-4H3,(H,22,23);5-8,10,16H,9H2,1-4H3,(H,15,17);;. The van der Waals surface area contributed by atoms with Crippen molar-refractivity contribution in [3.05, 3.63) is 95.6 Å². The molecule has 49 heavy (non-hydrogen) atoms. The fourth-order valence-electron chi connectivity index (χ4n) is 3.92. The van der Waals surface area contributed by atoms with Gasteiger partial charge in [0.2, 0.25) is 0 Å². The number of rotatable bonds is 9. The molecule has 0 spiro atoms. The van der Waals surface area contributed by atoms with E-state index in [4.69, 9.17) is 33.4 Å². The number of nitrogens with one attached hydrogen (secondary N) is 2. The van der Waals surface area contributed by atoms with Crippen molar-refractivity contribution in [3.63, 3.8) is 0 Å². The quantitative estimate of drug-likeness (QED) is 0.229. The highest BCUT2D eigenvalue weighted by Crippen LogP contribution is 2.16. The van der Waals surface area contributed by atoms with Crippen molar-refractivity contribution in [2.45, 2.75) is 98.1 Å². The van der Waals surface area contributed by atoms with Crippen LogP contribution in [0.5, 0.6) is 11.5 Å². The van der Waals surface area contributed by atoms with E-state index in [0.717, 1.165) is 28.9 Å². The van der Waals surface area contributed by atoms with Crippen LogP contribution in [0, 0.1) is 0 Å². The summed E-state index contributed by atoms with van der Waals surface area (Å²) in [6.07, 6.45) is 1.13. The first-order valence-corrected chi connectivity index (χ1v) is 15.4. The second-order valence-electron chi connectivity index (χ2n) is 12.8. The lowest BCUT2D eigenvalue weighted by atomic mass is 10.1. The molecule has 0 heterocycles. The molecule has 3 aromatic rings. The first kappa shape index (κ1) is 43.6. The molecular formula is C37H48N2O10. The third kappa shape index (κ3) is 24.4. The molecule has 0 radical (unpaired) electrons. The minimum absolute atomic E-state index is 0.00839. The Bertz CT molecular complexity index is 1420. The number of phenolic OH excluding ortho intramolecular Hbond substituents is 1. The van der Waals surface area contributed by atoms with Gasteiger partial charge >= 0.3 is 24.5 Å². The summed E-state index contributed by atoms with van der Waals surface area (Å²) in [5.41, 5.74) is 2.36. The van der Waals surface area contributed by atoms with E-state index in [1.807, 2.05) is 122 Å². The van der Waals surface area contributed by atoms with E-state index in [9.17, 15) is 14.7 Å². The summed E-state index contributed by atoms with van der Waals surface area (Å²) in [6, 6.07) is 24.9. The Morgan fingerprint density at radius 2 is 1.00 bits per heavy atom. The van der Waals surface area contributed by atoms with Crippen LogP contribution in [0.3, 0.4) is 0 Å². The topological polar surface area (TPSA) is 174 Å². The van der Waals surface area contributed by atoms with Crippen molar-refractivity contribution in [1.82, 2.24) is 10.6 Å². The van der Waals surface area contributed by atoms with Crippen LogP contribution in [0.25, 0.3) is 0 Å². The maximum Gasteiger partial charge on any atom is 0.407 e. The number of benzene rings is 3. The summed E-state index contributed by atoms with van der Waals surface area (Å²) < 4.78 is 16.2. The van der Waals surface area contributed by atoms with Gasteiger partial charge in [-0.1, -0.05) is 54.6 Å². The molecule has 3 aromatic carbocycles. The Morgan fingerprint density at radius 3 is 1.37 bits per heavy atom. The van der Waals surface area contributed by atoms with E-state index in [-0.39, 0.29) is 36.2 Å². The van der Waals surface area contributed by atoms with Crippen LogP contribution in [-0.2, 0) is 48.1 Å². The Balaban J connectivity index is 0.000000840. The van der Waals surface area contributed by atoms with Crippen LogP contribution >= 0.6 is 0 Å². The number of hydrogen-bond donors (Lipinski definition) is 3. The lowest BCUT2D eigenvalue weighted by Crippen LogP contribution is -2.38. The number of aromatic hydroxyl groups is 1. The zero-order valence-corrected chi connectivity index (χ0v) is 29.4. The first-order valence-electron chi connectivity index (χ1n) is 15.4. The lowest BCUT2D eigenvalue weighted by Gasteiger charge is -2.22. The number of phenols is 1. The molecule has 0 bridgehead atoms. The van der Waals surface area contributed by atoms with Gasteiger partial charge in [-0.25, -0.2) is 9.59 Å². The molecule has 266 valence electrons. The van der Waals surface area contributed by atoms with Crippen LogP contribution in [0.1, 0.15) is 72.1 Å². The molecule has 3 rings (SSSR count). The van der Waals surface area contributed by atoms with Crippen LogP contribution < -0.4 is 15.4 Å². The number of ether oxygens (including phenoxy) is 3. The summed E-state index contributed by atoms with van der Waals surface area (Å²) >= 11 is 0. The first-order chi connectivity index (χ1) is 22.9. The van der Waals surface area contributed by atoms with Gasteiger partial charge in [-0.3, -0.25) is 0 Å². The maximum absolute atomic E-state index is 11.8. The average molecular weight is 681 g/mol. The molecule has 0 saturated heterocycles. The smallest absolute Gasteiger partial charge is 0.407 e. The SMILES string of the molecule is CC(Cc1ccc(O)cc1)NC(=O)OC(C)(C)C.CC(Cc1ccc(OCc2ccccc2)cc1)NC(=O)OC(C)(C)C.O=C=O.O=C=O. The molecule has 0 saturated carbocycles. The van der Waals surface area contributed by atoms with Gasteiger partial charge in [-0.05, 0) is 109 Å². The Hall–Kier alpha value is -5.44. The maximum atomic E-state index is 11.8. The minimum atomic E-state index is -0.485. The summed E-state index contributed by atoms with van der Waals surface area (Å²) in [5, 5.41) is 14.8. The third-order valence-electron chi connectivity index (χ3n) is 5.72. The second-order valence-corrected chi connectivity index (χ2v) is 12.8. The number of hydrogen-bond acceptors (Lipinski definition) is 10. The van der Waals surface area contributed by atoms with E-state index in [1.165, 1.54) is 0 Å². The van der Waals surface area contributed by atoms with Crippen molar-refractivity contribution in [2.24, 2.45) is 0 Å². The monoisotopic (exact) mass is 680 g/mol. The van der Waals surface area contributed by atoms with Crippen molar-refractivity contribution < 1.29 is 48.1 Å². The number of carbonyl (C=O) groups is 2. The van der Waals surface area contributed by atoms with Crippen molar-refractivity contribution >= 4 is 24.5 Å². The molecule has 3 N–H and O–H groups in total. The van der Waals surface area contributed by atoms with E-state index in [0.29, 0.717) is 13.0 Å². The van der Waals surface area contributed by atoms with Gasteiger partial charge < -0.3 is 30.0 Å². The Kier molecular flexibility index (Phi) is 20.4. The highest BCUT2D eigenvalue weighted by molar-refractivity contribution is 5.68. The molecule has 2 unspecified atom stereocenters. The molecule has 0 aliphatic carbocycles. The zero-order valence-electron chi connectivity index (χ0n) is 29.4. The third-order valence-corrected chi connectivity index (χ3v) is 5.72. The van der Waals surface area contributed by atoms with Crippen molar-refractivity contribution in [1.29, 1.82) is 0 Å². The van der Waals surface area contributed by atoms with Crippen LogP contribution in [-0.4, -0.2) is 52.9 Å². The van der Waals surface area contributed by atoms with Crippen LogP contribution in [0.2, 0.25) is 0 Å². The molecule has 12 heteroatoms. The van der Waals surface area contributed by atoms with E-state index in [1.54, 1.807) is 12.1 Å². The lowest BCUT2D eigenvalue weighted by molar-refractivity contribution is -0.193. The molecule has 0 aliphatic rings. The van der Waals surface area contributed by atoms with E-state index < -0.39 is 17.3 Å². The summed E-state index contributed by atoms with van der Waals surface area (Å²) in [6.45, 7) is 15.5. The molecule has 2 amide bonds. The summed E-state index contributed by atoms with van der Waals surface area (Å²) in [4.78, 5) is 55.8. The van der Waals surface area contributed by atoms with Gasteiger partial charge in [0.05, 0.1) is 0 Å². The largest absolute Gasteiger partial charge is 0.508 e. The summed E-state index contributed by atoms with van der Waals surface area (Å²) in [5.74, 6) is 1.08. The fourth-order valence-corrected chi connectivity index (χ4v) is 3.92. The predicted octanol–water partition coefficient (Wildman–Crippen LogP) is 6.40. The Morgan fingerprint density at radius 1 is 0.633 bits per heavy atom. The van der Waals surface area contributed by atoms with Gasteiger partial charge in [0.1, 0.15) is 29.3 Å². The van der Waals surface area contributed by atoms with Gasteiger partial charge in [0, 0.05) is 12.1 Å². The van der Waals surface area contributed by atoms with Gasteiger partial charge in [0.25, 0.3) is 0 Å². The normalized spacial score (nSPS) is 11.3. The Labute approximate surface area is 288 Å². The molecular weight excluding hydrogens is 632 g/mol. The van der Waals surface area contributed by atoms with Gasteiger partial charge in [-0.15, -0.1) is 0 Å². The number of amides is 2. The fraction of sp³-hybridized carbons (Fsp3) is 0.405. The number of alkyl carbamates (subject to hydrolysis) is 2. The zero-order chi connectivity index (χ0) is 37.5. The predicted molar refractivity (Wildman–Crippen MR) is 180 cm³/mol. The highest BCUT2D eigenvalue weighted by Gasteiger charge is 2.18. The van der Waals surface area contributed by atoms with Crippen molar-refractivity contribution in [2.75, 3.05) is 0 Å². The van der Waals surface area contributed by atoms with Gasteiger partial charge in [0.15, 0.2) is 0 Å². The molecule has 0 fully saturated rings. The molecule has 2 atom stereocenters. The average Bonchev–Trinajstić information content (AvgIpc) is 2.97. The van der Waals surface area contributed by atoms with Crippen LogP contribution in [0.15, 0.2) is 78.9 Å². The molecule has 0 aliphatic heterocycles. The highest BCUT2D eigenvalue weighted by atomic mass is 16.6. The molecule has 0 aromatic heterocycles. The van der Waals surface area contributed by atoms with Crippen molar-refractivity contribution in [3.8, 4) is 11.5 Å². The van der Waals surface area contributed by atoms with Crippen LogP contribution in [0.4, 0.5) is 9.59 Å². The minimum Gasteiger partial charge on any atom is -0.508 e. The molecule has 12 nitrogen and oxygen atoms in total. The van der Waals surface area contributed by atoms with E-state index in [2.05, 4.69) is 10.6 Å². The second kappa shape index (κ2) is 23.0. The van der Waals surface area contributed by atoms with E-state index >= 15 is 0 Å². The number of carbonyl (C=O) groups excluding carboxylic acids is 6. The van der Waals surface area contributed by atoms with Gasteiger partial charge in [-0.2, -0.15) is 19.2 Å². The summed E-state index contributed by atoms with van der Waals surface area (Å²) in [7, 11) is 0.